The average Bonchev–Trinajstić information content (AvgIpc) is 2.13. The maximum absolute atomic E-state index is 3.72. The van der Waals surface area contributed by atoms with Gasteiger partial charge in [0.25, 0.3) is 0 Å². The molecule has 7 heavy (non-hydrogen) atoms. The molecule has 0 amide bonds. The summed E-state index contributed by atoms with van der Waals surface area (Å²) in [6.07, 6.45) is 3.40. The summed E-state index contributed by atoms with van der Waals surface area (Å²) in [6.45, 7) is 8.27. The van der Waals surface area contributed by atoms with Crippen molar-refractivity contribution >= 4 is 0 Å². The molecule has 1 saturated carbocycles. The van der Waals surface area contributed by atoms with Crippen LogP contribution in [0.1, 0.15) is 20.3 Å². The highest BCUT2D eigenvalue weighted by atomic mass is 14.5. The first-order chi connectivity index (χ1) is 3.17. The van der Waals surface area contributed by atoms with Crippen molar-refractivity contribution < 1.29 is 0 Å². The van der Waals surface area contributed by atoms with E-state index < -0.39 is 0 Å². The van der Waals surface area contributed by atoms with Gasteiger partial charge in [-0.2, -0.15) is 0 Å². The van der Waals surface area contributed by atoms with Gasteiger partial charge in [0.05, 0.1) is 0 Å². The molecule has 0 nitrogen and oxygen atoms in total. The zero-order valence-corrected chi connectivity index (χ0v) is 5.07. The van der Waals surface area contributed by atoms with Gasteiger partial charge in [0.15, 0.2) is 0 Å². The Kier molecular flexibility index (Phi) is 0.781. The molecule has 0 radical (unpaired) electrons. The molecule has 0 aromatic heterocycles. The van der Waals surface area contributed by atoms with Gasteiger partial charge in [-0.05, 0) is 17.8 Å². The number of hydrogen-bond donors (Lipinski definition) is 0. The largest absolute Gasteiger partial charge is 0.103 e. The molecule has 0 aromatic carbocycles. The second-order valence-electron chi connectivity index (χ2n) is 3.03. The minimum Gasteiger partial charge on any atom is -0.103 e. The van der Waals surface area contributed by atoms with E-state index >= 15 is 0 Å². The highest BCUT2D eigenvalue weighted by molar-refractivity contribution is 5.04. The molecule has 1 atom stereocenters. The lowest BCUT2D eigenvalue weighted by atomic mass is 10.1. The summed E-state index contributed by atoms with van der Waals surface area (Å²) in [5.41, 5.74) is 0.599. The first-order valence-corrected chi connectivity index (χ1v) is 2.79. The van der Waals surface area contributed by atoms with Crippen LogP contribution in [0.15, 0.2) is 12.7 Å². The summed E-state index contributed by atoms with van der Waals surface area (Å²) in [6, 6.07) is 0. The van der Waals surface area contributed by atoms with Crippen molar-refractivity contribution in [2.75, 3.05) is 0 Å². The van der Waals surface area contributed by atoms with Crippen molar-refractivity contribution in [1.82, 2.24) is 0 Å². The summed E-state index contributed by atoms with van der Waals surface area (Å²) in [5.74, 6) is 0.812. The molecule has 0 N–H and O–H groups in total. The van der Waals surface area contributed by atoms with Gasteiger partial charge in [-0.25, -0.2) is 0 Å². The van der Waals surface area contributed by atoms with Crippen molar-refractivity contribution in [3.8, 4) is 0 Å². The molecule has 0 aliphatic heterocycles. The SMILES string of the molecule is C=C[C@H]1CC1(C)C. The van der Waals surface area contributed by atoms with Crippen LogP contribution in [0.3, 0.4) is 0 Å². The minimum atomic E-state index is 0.599. The second-order valence-corrected chi connectivity index (χ2v) is 3.03. The molecule has 0 heterocycles. The van der Waals surface area contributed by atoms with E-state index in [1.807, 2.05) is 0 Å². The van der Waals surface area contributed by atoms with Crippen LogP contribution in [0, 0.1) is 11.3 Å². The van der Waals surface area contributed by atoms with Crippen LogP contribution in [-0.2, 0) is 0 Å². The molecule has 1 aliphatic carbocycles. The molecule has 40 valence electrons. The highest BCUT2D eigenvalue weighted by Crippen LogP contribution is 2.51. The standard InChI is InChI=1S/C7H12/c1-4-6-5-7(6,2)3/h4,6H,1,5H2,2-3H3/t6-/m0/s1. The van der Waals surface area contributed by atoms with Crippen LogP contribution in [-0.4, -0.2) is 0 Å². The Balaban J connectivity index is 2.44. The summed E-state index contributed by atoms with van der Waals surface area (Å²) >= 11 is 0. The van der Waals surface area contributed by atoms with Crippen LogP contribution in [0.5, 0.6) is 0 Å². The quantitative estimate of drug-likeness (QED) is 0.439. The number of rotatable bonds is 1. The van der Waals surface area contributed by atoms with Crippen LogP contribution in [0.4, 0.5) is 0 Å². The Hall–Kier alpha value is -0.260. The second kappa shape index (κ2) is 1.12. The van der Waals surface area contributed by atoms with Gasteiger partial charge in [-0.15, -0.1) is 6.58 Å². The van der Waals surface area contributed by atoms with E-state index in [1.54, 1.807) is 0 Å². The van der Waals surface area contributed by atoms with Crippen molar-refractivity contribution in [3.05, 3.63) is 12.7 Å². The van der Waals surface area contributed by atoms with Gasteiger partial charge in [0, 0.05) is 0 Å². The third kappa shape index (κ3) is 0.696. The fourth-order valence-electron chi connectivity index (χ4n) is 0.910. The van der Waals surface area contributed by atoms with E-state index in [-0.39, 0.29) is 0 Å². The molecule has 0 unspecified atom stereocenters. The lowest BCUT2D eigenvalue weighted by molar-refractivity contribution is 0.610. The first kappa shape index (κ1) is 4.89. The molecule has 0 saturated heterocycles. The van der Waals surface area contributed by atoms with Crippen LogP contribution >= 0.6 is 0 Å². The Bertz CT molecular complexity index is 90.2. The molecular weight excluding hydrogens is 84.1 g/mol. The zero-order chi connectivity index (χ0) is 5.49. The molecule has 1 rings (SSSR count). The minimum absolute atomic E-state index is 0.599. The number of allylic oxidation sites excluding steroid dienone is 1. The van der Waals surface area contributed by atoms with E-state index in [0.29, 0.717) is 5.41 Å². The van der Waals surface area contributed by atoms with Gasteiger partial charge in [0.2, 0.25) is 0 Å². The maximum atomic E-state index is 3.72. The first-order valence-electron chi connectivity index (χ1n) is 2.79. The molecule has 0 spiro atoms. The molecule has 0 aromatic rings. The fraction of sp³-hybridized carbons (Fsp3) is 0.714. The fourth-order valence-corrected chi connectivity index (χ4v) is 0.910. The molecule has 0 heteroatoms. The van der Waals surface area contributed by atoms with E-state index in [9.17, 15) is 0 Å². The molecule has 0 bridgehead atoms. The Morgan fingerprint density at radius 2 is 2.14 bits per heavy atom. The smallest absolute Gasteiger partial charge is 0.0179 e. The van der Waals surface area contributed by atoms with Crippen molar-refractivity contribution in [2.45, 2.75) is 20.3 Å². The lowest BCUT2D eigenvalue weighted by Gasteiger charge is -1.93. The molecule has 1 aliphatic rings. The summed E-state index contributed by atoms with van der Waals surface area (Å²) in [7, 11) is 0. The predicted octanol–water partition coefficient (Wildman–Crippen LogP) is 2.22. The van der Waals surface area contributed by atoms with Gasteiger partial charge >= 0.3 is 0 Å². The third-order valence-electron chi connectivity index (χ3n) is 1.87. The highest BCUT2D eigenvalue weighted by Gasteiger charge is 2.42. The lowest BCUT2D eigenvalue weighted by Crippen LogP contribution is -1.84. The van der Waals surface area contributed by atoms with Crippen LogP contribution in [0.2, 0.25) is 0 Å². The Labute approximate surface area is 45.2 Å². The van der Waals surface area contributed by atoms with Gasteiger partial charge in [-0.3, -0.25) is 0 Å². The van der Waals surface area contributed by atoms with Crippen LogP contribution < -0.4 is 0 Å². The van der Waals surface area contributed by atoms with Crippen LogP contribution in [0.25, 0.3) is 0 Å². The average molecular weight is 96.2 g/mol. The van der Waals surface area contributed by atoms with Gasteiger partial charge in [-0.1, -0.05) is 19.9 Å². The topological polar surface area (TPSA) is 0 Å². The van der Waals surface area contributed by atoms with Gasteiger partial charge < -0.3 is 0 Å². The monoisotopic (exact) mass is 96.1 g/mol. The maximum Gasteiger partial charge on any atom is -0.0179 e. The van der Waals surface area contributed by atoms with Gasteiger partial charge in [0.1, 0.15) is 0 Å². The summed E-state index contributed by atoms with van der Waals surface area (Å²) in [5, 5.41) is 0. The Morgan fingerprint density at radius 3 is 2.14 bits per heavy atom. The number of hydrogen-bond acceptors (Lipinski definition) is 0. The van der Waals surface area contributed by atoms with E-state index in [1.165, 1.54) is 6.42 Å². The van der Waals surface area contributed by atoms with Crippen molar-refractivity contribution in [1.29, 1.82) is 0 Å². The van der Waals surface area contributed by atoms with Crippen molar-refractivity contribution in [3.63, 3.8) is 0 Å². The zero-order valence-electron chi connectivity index (χ0n) is 5.07. The normalized spacial score (nSPS) is 34.9. The third-order valence-corrected chi connectivity index (χ3v) is 1.87. The summed E-state index contributed by atoms with van der Waals surface area (Å²) < 4.78 is 0. The molecular formula is C7H12. The van der Waals surface area contributed by atoms with Crippen molar-refractivity contribution in [2.24, 2.45) is 11.3 Å². The predicted molar refractivity (Wildman–Crippen MR) is 32.1 cm³/mol. The van der Waals surface area contributed by atoms with E-state index in [4.69, 9.17) is 0 Å². The summed E-state index contributed by atoms with van der Waals surface area (Å²) in [4.78, 5) is 0. The Morgan fingerprint density at radius 1 is 1.71 bits per heavy atom. The molecule has 1 fully saturated rings. The van der Waals surface area contributed by atoms with E-state index in [2.05, 4.69) is 26.5 Å². The van der Waals surface area contributed by atoms with E-state index in [0.717, 1.165) is 5.92 Å².